The van der Waals surface area contributed by atoms with Crippen molar-refractivity contribution < 1.29 is 17.2 Å². The summed E-state index contributed by atoms with van der Waals surface area (Å²) in [6.07, 6.45) is 0. The van der Waals surface area contributed by atoms with E-state index in [0.29, 0.717) is 5.56 Å². The Kier molecular flexibility index (Phi) is 5.52. The molecule has 0 spiro atoms. The van der Waals surface area contributed by atoms with Crippen molar-refractivity contribution in [1.82, 2.24) is 4.98 Å². The zero-order chi connectivity index (χ0) is 20.5. The van der Waals surface area contributed by atoms with E-state index in [1.54, 1.807) is 6.07 Å². The number of hydrogen-bond acceptors (Lipinski definition) is 4. The molecule has 3 rings (SSSR count). The molecule has 0 radical (unpaired) electrons. The van der Waals surface area contributed by atoms with Crippen molar-refractivity contribution in [3.8, 4) is 17.3 Å². The average Bonchev–Trinajstić information content (AvgIpc) is 2.66. The Hall–Kier alpha value is -2.73. The van der Waals surface area contributed by atoms with Crippen LogP contribution in [0.25, 0.3) is 11.3 Å². The summed E-state index contributed by atoms with van der Waals surface area (Å²) in [5.41, 5.74) is -0.235. The van der Waals surface area contributed by atoms with E-state index >= 15 is 0 Å². The van der Waals surface area contributed by atoms with Gasteiger partial charge in [0, 0.05) is 5.56 Å². The van der Waals surface area contributed by atoms with Gasteiger partial charge in [-0.05, 0) is 42.5 Å². The van der Waals surface area contributed by atoms with Crippen molar-refractivity contribution in [1.29, 1.82) is 5.26 Å². The monoisotopic (exact) mass is 439 g/mol. The molecule has 0 aliphatic rings. The molecule has 0 bridgehead atoms. The Morgan fingerprint density at radius 3 is 2.46 bits per heavy atom. The number of anilines is 1. The molecule has 0 amide bonds. The highest BCUT2D eigenvalue weighted by atomic mass is 35.5. The number of halogens is 4. The topological polar surface area (TPSA) is 82.8 Å². The summed E-state index contributed by atoms with van der Waals surface area (Å²) in [5.74, 6) is -1.69. The van der Waals surface area contributed by atoms with Crippen LogP contribution in [0.4, 0.5) is 14.5 Å². The summed E-state index contributed by atoms with van der Waals surface area (Å²) in [7, 11) is -4.16. The Morgan fingerprint density at radius 1 is 1.04 bits per heavy atom. The van der Waals surface area contributed by atoms with Gasteiger partial charge >= 0.3 is 0 Å². The molecular formula is C18H9Cl2F2N3O2S. The fraction of sp³-hybridized carbons (Fsp3) is 0. The molecule has 2 aromatic carbocycles. The summed E-state index contributed by atoms with van der Waals surface area (Å²) < 4.78 is 54.5. The SMILES string of the molecule is N#Cc1nc(-c2ccc(S(=O)(=O)Nc3cccc(Cl)c3F)cc2Cl)ccc1F. The summed E-state index contributed by atoms with van der Waals surface area (Å²) in [6.45, 7) is 0. The van der Waals surface area contributed by atoms with Crippen LogP contribution in [0, 0.1) is 23.0 Å². The van der Waals surface area contributed by atoms with Crippen LogP contribution >= 0.6 is 23.2 Å². The minimum atomic E-state index is -4.16. The number of aromatic nitrogens is 1. The highest BCUT2D eigenvalue weighted by molar-refractivity contribution is 7.92. The van der Waals surface area contributed by atoms with Gasteiger partial charge in [0.1, 0.15) is 6.07 Å². The lowest BCUT2D eigenvalue weighted by atomic mass is 10.1. The van der Waals surface area contributed by atoms with Crippen LogP contribution in [0.3, 0.4) is 0 Å². The maximum atomic E-state index is 14.0. The third-order valence-electron chi connectivity index (χ3n) is 3.67. The van der Waals surface area contributed by atoms with Crippen molar-refractivity contribution in [2.24, 2.45) is 0 Å². The first kappa shape index (κ1) is 20.0. The normalized spacial score (nSPS) is 11.1. The molecule has 0 saturated heterocycles. The van der Waals surface area contributed by atoms with Crippen molar-refractivity contribution in [3.05, 3.63) is 75.9 Å². The van der Waals surface area contributed by atoms with Crippen LogP contribution in [0.1, 0.15) is 5.69 Å². The largest absolute Gasteiger partial charge is 0.277 e. The van der Waals surface area contributed by atoms with E-state index in [4.69, 9.17) is 28.5 Å². The Bertz CT molecular complexity index is 1230. The van der Waals surface area contributed by atoms with Gasteiger partial charge in [0.2, 0.25) is 0 Å². The number of nitrogens with zero attached hydrogens (tertiary/aromatic N) is 2. The predicted molar refractivity (Wildman–Crippen MR) is 102 cm³/mol. The molecule has 3 aromatic rings. The maximum Gasteiger partial charge on any atom is 0.262 e. The van der Waals surface area contributed by atoms with E-state index in [1.807, 2.05) is 0 Å². The molecule has 1 aromatic heterocycles. The van der Waals surface area contributed by atoms with Crippen molar-refractivity contribution >= 4 is 38.9 Å². The number of hydrogen-bond donors (Lipinski definition) is 1. The molecule has 0 aliphatic heterocycles. The van der Waals surface area contributed by atoms with Crippen molar-refractivity contribution in [3.63, 3.8) is 0 Å². The lowest BCUT2D eigenvalue weighted by Gasteiger charge is -2.11. The number of pyridine rings is 1. The fourth-order valence-electron chi connectivity index (χ4n) is 2.33. The van der Waals surface area contributed by atoms with Crippen LogP contribution in [-0.4, -0.2) is 13.4 Å². The van der Waals surface area contributed by atoms with Gasteiger partial charge in [-0.2, -0.15) is 5.26 Å². The minimum Gasteiger partial charge on any atom is -0.277 e. The molecule has 142 valence electrons. The molecule has 1 N–H and O–H groups in total. The van der Waals surface area contributed by atoms with Gasteiger partial charge in [0.05, 0.1) is 26.3 Å². The predicted octanol–water partition coefficient (Wildman–Crippen LogP) is 5.01. The number of nitriles is 1. The second kappa shape index (κ2) is 7.72. The molecule has 10 heteroatoms. The Labute approximate surface area is 169 Å². The smallest absolute Gasteiger partial charge is 0.262 e. The number of sulfonamides is 1. The van der Waals surface area contributed by atoms with E-state index in [1.165, 1.54) is 36.4 Å². The Morgan fingerprint density at radius 2 is 1.79 bits per heavy atom. The van der Waals surface area contributed by atoms with Crippen LogP contribution in [-0.2, 0) is 10.0 Å². The summed E-state index contributed by atoms with van der Waals surface area (Å²) in [6, 6.07) is 11.6. The van der Waals surface area contributed by atoms with E-state index in [9.17, 15) is 17.2 Å². The standard InChI is InChI=1S/C18H9Cl2F2N3O2S/c19-12-2-1-3-16(18(12)22)25-28(26,27)10-4-5-11(13(20)8-10)15-7-6-14(21)17(9-23)24-15/h1-8,25H. The van der Waals surface area contributed by atoms with Gasteiger partial charge in [-0.3, -0.25) is 4.72 Å². The summed E-state index contributed by atoms with van der Waals surface area (Å²) in [4.78, 5) is 3.62. The van der Waals surface area contributed by atoms with Crippen LogP contribution in [0.5, 0.6) is 0 Å². The summed E-state index contributed by atoms with van der Waals surface area (Å²) in [5, 5.41) is 8.64. The second-order valence-electron chi connectivity index (χ2n) is 5.49. The minimum absolute atomic E-state index is 0.00237. The van der Waals surface area contributed by atoms with E-state index < -0.39 is 27.4 Å². The average molecular weight is 440 g/mol. The molecule has 5 nitrogen and oxygen atoms in total. The third-order valence-corrected chi connectivity index (χ3v) is 5.64. The lowest BCUT2D eigenvalue weighted by molar-refractivity contribution is 0.598. The number of benzene rings is 2. The first-order chi connectivity index (χ1) is 13.2. The van der Waals surface area contributed by atoms with Gasteiger partial charge in [-0.1, -0.05) is 29.3 Å². The highest BCUT2D eigenvalue weighted by Crippen LogP contribution is 2.31. The second-order valence-corrected chi connectivity index (χ2v) is 7.98. The number of nitrogens with one attached hydrogen (secondary N) is 1. The molecular weight excluding hydrogens is 431 g/mol. The molecule has 0 atom stereocenters. The third kappa shape index (κ3) is 3.92. The van der Waals surface area contributed by atoms with Gasteiger partial charge in [0.25, 0.3) is 10.0 Å². The van der Waals surface area contributed by atoms with Gasteiger partial charge in [-0.15, -0.1) is 0 Å². The quantitative estimate of drug-likeness (QED) is 0.619. The molecule has 28 heavy (non-hydrogen) atoms. The van der Waals surface area contributed by atoms with E-state index in [0.717, 1.165) is 12.1 Å². The molecule has 0 saturated carbocycles. The van der Waals surface area contributed by atoms with Crippen LogP contribution < -0.4 is 4.72 Å². The van der Waals surface area contributed by atoms with Gasteiger partial charge < -0.3 is 0 Å². The van der Waals surface area contributed by atoms with Gasteiger partial charge in [0.15, 0.2) is 17.3 Å². The van der Waals surface area contributed by atoms with Gasteiger partial charge in [-0.25, -0.2) is 22.2 Å². The molecule has 0 aliphatic carbocycles. The maximum absolute atomic E-state index is 14.0. The summed E-state index contributed by atoms with van der Waals surface area (Å²) >= 11 is 11.8. The highest BCUT2D eigenvalue weighted by Gasteiger charge is 2.19. The fourth-order valence-corrected chi connectivity index (χ4v) is 3.93. The molecule has 0 unspecified atom stereocenters. The van der Waals surface area contributed by atoms with E-state index in [-0.39, 0.29) is 26.3 Å². The molecule has 0 fully saturated rings. The van der Waals surface area contributed by atoms with Crippen molar-refractivity contribution in [2.45, 2.75) is 4.90 Å². The zero-order valence-electron chi connectivity index (χ0n) is 13.7. The first-order valence-electron chi connectivity index (χ1n) is 7.56. The number of rotatable bonds is 4. The lowest BCUT2D eigenvalue weighted by Crippen LogP contribution is -2.14. The Balaban J connectivity index is 1.98. The van der Waals surface area contributed by atoms with E-state index in [2.05, 4.69) is 9.71 Å². The van der Waals surface area contributed by atoms with Crippen LogP contribution in [0.15, 0.2) is 53.4 Å². The van der Waals surface area contributed by atoms with Crippen LogP contribution in [0.2, 0.25) is 10.0 Å². The van der Waals surface area contributed by atoms with Crippen molar-refractivity contribution in [2.75, 3.05) is 4.72 Å². The molecule has 1 heterocycles. The first-order valence-corrected chi connectivity index (χ1v) is 9.80. The zero-order valence-corrected chi connectivity index (χ0v) is 16.1.